The van der Waals surface area contributed by atoms with E-state index in [1.807, 2.05) is 6.92 Å². The summed E-state index contributed by atoms with van der Waals surface area (Å²) < 4.78 is 38.8. The van der Waals surface area contributed by atoms with Crippen molar-refractivity contribution in [3.05, 3.63) is 0 Å². The number of amides is 2. The predicted molar refractivity (Wildman–Crippen MR) is 91.5 cm³/mol. The summed E-state index contributed by atoms with van der Waals surface area (Å²) in [6.07, 6.45) is -1.43. The van der Waals surface area contributed by atoms with Gasteiger partial charge in [-0.05, 0) is 32.6 Å². The first kappa shape index (κ1) is 20.5. The molecule has 1 aliphatic carbocycles. The summed E-state index contributed by atoms with van der Waals surface area (Å²) in [5.74, 6) is -1.22. The highest BCUT2D eigenvalue weighted by Crippen LogP contribution is 2.37. The van der Waals surface area contributed by atoms with Crippen LogP contribution in [0.5, 0.6) is 0 Å². The first-order valence-electron chi connectivity index (χ1n) is 9.26. The van der Waals surface area contributed by atoms with E-state index in [0.717, 1.165) is 0 Å². The number of piperidine rings is 1. The van der Waals surface area contributed by atoms with Gasteiger partial charge in [-0.25, -0.2) is 0 Å². The molecule has 1 saturated heterocycles. The molecule has 2 aliphatic rings. The number of aliphatic imine (C=N–C) groups is 1. The molecule has 1 heterocycles. The predicted octanol–water partition coefficient (Wildman–Crippen LogP) is 2.20. The fraction of sp³-hybridized carbons (Fsp3) is 0.824. The van der Waals surface area contributed by atoms with Crippen LogP contribution in [-0.2, 0) is 9.59 Å². The van der Waals surface area contributed by atoms with Gasteiger partial charge in [0.1, 0.15) is 0 Å². The third kappa shape index (κ3) is 5.88. The van der Waals surface area contributed by atoms with Crippen molar-refractivity contribution in [2.75, 3.05) is 19.6 Å². The average molecular weight is 376 g/mol. The highest BCUT2D eigenvalue weighted by molar-refractivity contribution is 5.97. The number of alkyl halides is 3. The van der Waals surface area contributed by atoms with Crippen molar-refractivity contribution in [3.63, 3.8) is 0 Å². The Morgan fingerprint density at radius 1 is 1.19 bits per heavy atom. The van der Waals surface area contributed by atoms with E-state index in [1.54, 1.807) is 0 Å². The molecule has 0 radical (unpaired) electrons. The van der Waals surface area contributed by atoms with Crippen LogP contribution in [0.3, 0.4) is 0 Å². The fourth-order valence-corrected chi connectivity index (χ4v) is 3.44. The number of halogens is 3. The first-order valence-corrected chi connectivity index (χ1v) is 9.26. The van der Waals surface area contributed by atoms with Crippen molar-refractivity contribution < 1.29 is 22.8 Å². The summed E-state index contributed by atoms with van der Waals surface area (Å²) in [7, 11) is 0. The Balaban J connectivity index is 1.89. The summed E-state index contributed by atoms with van der Waals surface area (Å²) in [5.41, 5.74) is 0. The molecule has 0 aromatic rings. The highest BCUT2D eigenvalue weighted by Gasteiger charge is 2.42. The number of guanidine groups is 1. The van der Waals surface area contributed by atoms with Gasteiger partial charge in [0, 0.05) is 32.0 Å². The van der Waals surface area contributed by atoms with E-state index in [0.29, 0.717) is 44.6 Å². The van der Waals surface area contributed by atoms with Crippen molar-refractivity contribution in [3.8, 4) is 0 Å². The summed E-state index contributed by atoms with van der Waals surface area (Å²) in [6, 6.07) is -0.286. The summed E-state index contributed by atoms with van der Waals surface area (Å²) in [6.45, 7) is 2.86. The van der Waals surface area contributed by atoms with E-state index in [1.165, 1.54) is 4.90 Å². The number of nitrogens with one attached hydrogen (secondary N) is 2. The molecule has 0 aromatic heterocycles. The van der Waals surface area contributed by atoms with Gasteiger partial charge in [0.2, 0.25) is 11.8 Å². The third-order valence-corrected chi connectivity index (χ3v) is 4.80. The summed E-state index contributed by atoms with van der Waals surface area (Å²) in [4.78, 5) is 29.1. The van der Waals surface area contributed by atoms with Gasteiger partial charge in [-0.3, -0.25) is 19.5 Å². The lowest BCUT2D eigenvalue weighted by Gasteiger charge is -2.32. The van der Waals surface area contributed by atoms with Crippen LogP contribution in [0.4, 0.5) is 13.2 Å². The molecular weight excluding hydrogens is 349 g/mol. The Kier molecular flexibility index (Phi) is 7.28. The number of carbonyl (C=O) groups excluding carboxylic acids is 2. The normalized spacial score (nSPS) is 25.4. The van der Waals surface area contributed by atoms with E-state index in [4.69, 9.17) is 0 Å². The van der Waals surface area contributed by atoms with Crippen molar-refractivity contribution in [2.24, 2.45) is 10.9 Å². The molecule has 0 bridgehead atoms. The van der Waals surface area contributed by atoms with Gasteiger partial charge >= 0.3 is 6.18 Å². The lowest BCUT2D eigenvalue weighted by Crippen LogP contribution is -2.47. The van der Waals surface area contributed by atoms with Crippen LogP contribution in [0.1, 0.15) is 51.9 Å². The molecule has 6 nitrogen and oxygen atoms in total. The van der Waals surface area contributed by atoms with Crippen LogP contribution in [0.15, 0.2) is 4.99 Å². The van der Waals surface area contributed by atoms with Gasteiger partial charge in [0.15, 0.2) is 5.96 Å². The van der Waals surface area contributed by atoms with Gasteiger partial charge in [0.05, 0.1) is 12.5 Å². The number of hydrogen-bond acceptors (Lipinski definition) is 3. The fourth-order valence-electron chi connectivity index (χ4n) is 3.44. The Bertz CT molecular complexity index is 521. The quantitative estimate of drug-likeness (QED) is 0.438. The molecule has 0 spiro atoms. The molecule has 2 unspecified atom stereocenters. The second-order valence-corrected chi connectivity index (χ2v) is 6.80. The van der Waals surface area contributed by atoms with Crippen LogP contribution in [0.25, 0.3) is 0 Å². The molecule has 9 heteroatoms. The zero-order valence-corrected chi connectivity index (χ0v) is 15.1. The minimum Gasteiger partial charge on any atom is -0.357 e. The van der Waals surface area contributed by atoms with E-state index in [9.17, 15) is 22.8 Å². The molecule has 148 valence electrons. The number of imide groups is 1. The summed E-state index contributed by atoms with van der Waals surface area (Å²) >= 11 is 0. The van der Waals surface area contributed by atoms with E-state index in [-0.39, 0.29) is 43.8 Å². The van der Waals surface area contributed by atoms with Gasteiger partial charge in [0.25, 0.3) is 0 Å². The average Bonchev–Trinajstić information content (AvgIpc) is 2.57. The topological polar surface area (TPSA) is 73.8 Å². The smallest absolute Gasteiger partial charge is 0.357 e. The molecule has 0 aromatic carbocycles. The van der Waals surface area contributed by atoms with Gasteiger partial charge in [-0.1, -0.05) is 6.42 Å². The van der Waals surface area contributed by atoms with Crippen molar-refractivity contribution in [1.29, 1.82) is 0 Å². The number of carbonyl (C=O) groups is 2. The maximum absolute atomic E-state index is 12.9. The van der Waals surface area contributed by atoms with Crippen LogP contribution in [0, 0.1) is 5.92 Å². The molecule has 2 amide bonds. The minimum atomic E-state index is -4.16. The Morgan fingerprint density at radius 3 is 2.50 bits per heavy atom. The van der Waals surface area contributed by atoms with Gasteiger partial charge in [-0.15, -0.1) is 0 Å². The lowest BCUT2D eigenvalue weighted by atomic mass is 9.85. The molecule has 2 N–H and O–H groups in total. The zero-order chi connectivity index (χ0) is 19.2. The molecule has 1 saturated carbocycles. The number of nitrogens with zero attached hydrogens (tertiary/aromatic N) is 2. The Labute approximate surface area is 151 Å². The van der Waals surface area contributed by atoms with E-state index < -0.39 is 12.1 Å². The van der Waals surface area contributed by atoms with Crippen LogP contribution < -0.4 is 10.6 Å². The molecule has 2 fully saturated rings. The molecule has 2 atom stereocenters. The number of rotatable bonds is 5. The van der Waals surface area contributed by atoms with E-state index in [2.05, 4.69) is 15.6 Å². The van der Waals surface area contributed by atoms with Crippen LogP contribution in [-0.4, -0.2) is 54.5 Å². The van der Waals surface area contributed by atoms with Crippen molar-refractivity contribution >= 4 is 17.8 Å². The maximum atomic E-state index is 12.9. The second-order valence-electron chi connectivity index (χ2n) is 6.80. The SMILES string of the molecule is CCNC(=NCCN1C(=O)CCCC1=O)NC1CCCC(C(F)(F)F)C1. The molecule has 26 heavy (non-hydrogen) atoms. The Morgan fingerprint density at radius 2 is 1.88 bits per heavy atom. The largest absolute Gasteiger partial charge is 0.391 e. The van der Waals surface area contributed by atoms with E-state index >= 15 is 0 Å². The molecule has 2 rings (SSSR count). The zero-order valence-electron chi connectivity index (χ0n) is 15.1. The number of hydrogen-bond donors (Lipinski definition) is 2. The number of likely N-dealkylation sites (tertiary alicyclic amines) is 1. The second kappa shape index (κ2) is 9.23. The third-order valence-electron chi connectivity index (χ3n) is 4.80. The minimum absolute atomic E-state index is 0.0387. The molecule has 1 aliphatic heterocycles. The Hall–Kier alpha value is -1.80. The standard InChI is InChI=1S/C17H27F3N4O2/c1-2-21-16(22-9-10-24-14(25)7-4-8-15(24)26)23-13-6-3-5-12(11-13)17(18,19)20/h12-13H,2-11H2,1H3,(H2,21,22,23). The maximum Gasteiger partial charge on any atom is 0.391 e. The molecular formula is C17H27F3N4O2. The highest BCUT2D eigenvalue weighted by atomic mass is 19.4. The van der Waals surface area contributed by atoms with Crippen molar-refractivity contribution in [2.45, 2.75) is 64.1 Å². The van der Waals surface area contributed by atoms with Crippen LogP contribution in [0.2, 0.25) is 0 Å². The van der Waals surface area contributed by atoms with Crippen molar-refractivity contribution in [1.82, 2.24) is 15.5 Å². The van der Waals surface area contributed by atoms with Gasteiger partial charge in [-0.2, -0.15) is 13.2 Å². The van der Waals surface area contributed by atoms with Crippen LogP contribution >= 0.6 is 0 Å². The first-order chi connectivity index (χ1) is 12.3. The summed E-state index contributed by atoms with van der Waals surface area (Å²) in [5, 5.41) is 6.08. The monoisotopic (exact) mass is 376 g/mol. The van der Waals surface area contributed by atoms with Gasteiger partial charge < -0.3 is 10.6 Å². The lowest BCUT2D eigenvalue weighted by molar-refractivity contribution is -0.183.